The Hall–Kier alpha value is -5.29. The van der Waals surface area contributed by atoms with E-state index in [4.69, 9.17) is 25.2 Å². The summed E-state index contributed by atoms with van der Waals surface area (Å²) in [5.74, 6) is 0.913. The van der Waals surface area contributed by atoms with Gasteiger partial charge in [0.05, 0.1) is 11.3 Å². The van der Waals surface area contributed by atoms with Crippen molar-refractivity contribution >= 4 is 34.7 Å². The van der Waals surface area contributed by atoms with Gasteiger partial charge in [0.2, 0.25) is 5.91 Å². The van der Waals surface area contributed by atoms with Gasteiger partial charge in [0.25, 0.3) is 0 Å². The van der Waals surface area contributed by atoms with Gasteiger partial charge in [-0.3, -0.25) is 9.36 Å². The maximum atomic E-state index is 12.9. The molecule has 2 fully saturated rings. The van der Waals surface area contributed by atoms with Crippen molar-refractivity contribution in [3.05, 3.63) is 84.6 Å². The molecule has 1 saturated heterocycles. The molecule has 4 heterocycles. The smallest absolute Gasteiger partial charge is 0.408 e. The van der Waals surface area contributed by atoms with Gasteiger partial charge in [0.15, 0.2) is 11.5 Å². The van der Waals surface area contributed by atoms with Crippen LogP contribution in [0.15, 0.2) is 79.0 Å². The third-order valence-corrected chi connectivity index (χ3v) is 9.18. The third-order valence-electron chi connectivity index (χ3n) is 9.18. The van der Waals surface area contributed by atoms with E-state index in [2.05, 4.69) is 15.6 Å². The molecule has 0 radical (unpaired) electrons. The van der Waals surface area contributed by atoms with E-state index in [1.54, 1.807) is 6.20 Å². The number of rotatable bonds is 7. The van der Waals surface area contributed by atoms with E-state index < -0.39 is 17.2 Å². The average molecular weight is 660 g/mol. The van der Waals surface area contributed by atoms with Gasteiger partial charge in [0.1, 0.15) is 16.9 Å². The summed E-state index contributed by atoms with van der Waals surface area (Å²) in [5, 5.41) is 6.00. The maximum Gasteiger partial charge on any atom is 0.408 e. The summed E-state index contributed by atoms with van der Waals surface area (Å²) >= 11 is 0. The average Bonchev–Trinajstić information content (AvgIpc) is 3.45. The molecule has 252 valence electrons. The van der Waals surface area contributed by atoms with E-state index >= 15 is 0 Å². The molecule has 11 nitrogen and oxygen atoms in total. The number of carbonyl (C=O) groups excluding carboxylic acids is 2. The van der Waals surface area contributed by atoms with Crippen molar-refractivity contribution in [1.82, 2.24) is 24.8 Å². The van der Waals surface area contributed by atoms with Crippen LogP contribution in [-0.2, 0) is 19.9 Å². The third kappa shape index (κ3) is 6.71. The van der Waals surface area contributed by atoms with Crippen molar-refractivity contribution in [2.45, 2.75) is 64.0 Å². The fraction of sp³-hybridized carbons (Fsp3) is 0.342. The Bertz CT molecular complexity index is 2010. The highest BCUT2D eigenvalue weighted by Crippen LogP contribution is 2.45. The van der Waals surface area contributed by atoms with Gasteiger partial charge >= 0.3 is 6.09 Å². The first-order valence-corrected chi connectivity index (χ1v) is 16.8. The van der Waals surface area contributed by atoms with Crippen LogP contribution < -0.4 is 16.4 Å². The minimum absolute atomic E-state index is 0.00741. The quantitative estimate of drug-likeness (QED) is 0.169. The van der Waals surface area contributed by atoms with Gasteiger partial charge in [-0.05, 0) is 107 Å². The van der Waals surface area contributed by atoms with Crippen LogP contribution in [-0.4, -0.2) is 50.3 Å². The minimum atomic E-state index is -0.669. The molecule has 0 spiro atoms. The number of hydrogen-bond acceptors (Lipinski definition) is 8. The number of nitrogens with two attached hydrogens (primary N) is 1. The summed E-state index contributed by atoms with van der Waals surface area (Å²) in [5.41, 5.74) is 11.4. The van der Waals surface area contributed by atoms with Crippen molar-refractivity contribution in [3.8, 4) is 28.3 Å². The number of anilines is 2. The Morgan fingerprint density at radius 2 is 1.76 bits per heavy atom. The van der Waals surface area contributed by atoms with Crippen molar-refractivity contribution in [3.63, 3.8) is 0 Å². The van der Waals surface area contributed by atoms with Crippen LogP contribution in [0.4, 0.5) is 16.3 Å². The number of carbonyl (C=O) groups is 2. The summed E-state index contributed by atoms with van der Waals surface area (Å²) in [6.45, 7) is 7.01. The van der Waals surface area contributed by atoms with Gasteiger partial charge in [-0.1, -0.05) is 24.3 Å². The molecule has 49 heavy (non-hydrogen) atoms. The first-order valence-electron chi connectivity index (χ1n) is 16.8. The van der Waals surface area contributed by atoms with Crippen molar-refractivity contribution in [1.29, 1.82) is 0 Å². The second-order valence-corrected chi connectivity index (χ2v) is 13.9. The Kier molecular flexibility index (Phi) is 8.54. The molecule has 7 rings (SSSR count). The Balaban J connectivity index is 1.25. The zero-order valence-electron chi connectivity index (χ0n) is 28.0. The lowest BCUT2D eigenvalue weighted by atomic mass is 9.75. The molecule has 1 saturated carbocycles. The molecule has 11 heteroatoms. The van der Waals surface area contributed by atoms with Crippen molar-refractivity contribution < 1.29 is 19.1 Å². The number of alkyl carbamates (subject to hydrolysis) is 1. The number of imidazole rings is 1. The van der Waals surface area contributed by atoms with Crippen LogP contribution in [0.5, 0.6) is 0 Å². The molecule has 0 unspecified atom stereocenters. The lowest BCUT2D eigenvalue weighted by molar-refractivity contribution is -0.122. The van der Waals surface area contributed by atoms with Crippen molar-refractivity contribution in [2.24, 2.45) is 5.92 Å². The lowest BCUT2D eigenvalue weighted by Gasteiger charge is -2.42. The monoisotopic (exact) mass is 659 g/mol. The number of hydrogen-bond donors (Lipinski definition) is 3. The lowest BCUT2D eigenvalue weighted by Crippen LogP contribution is -2.47. The Morgan fingerprint density at radius 1 is 0.980 bits per heavy atom. The molecule has 1 aliphatic heterocycles. The van der Waals surface area contributed by atoms with E-state index in [9.17, 15) is 9.59 Å². The highest BCUT2D eigenvalue weighted by molar-refractivity contribution is 5.93. The molecule has 0 bridgehead atoms. The van der Waals surface area contributed by atoms with Crippen molar-refractivity contribution in [2.75, 3.05) is 24.3 Å². The number of ether oxygens (including phenoxy) is 2. The summed E-state index contributed by atoms with van der Waals surface area (Å²) in [6.07, 6.45) is 5.17. The summed E-state index contributed by atoms with van der Waals surface area (Å²) < 4.78 is 13.4. The molecule has 2 amide bonds. The number of fused-ring (bicyclic) bond motifs is 1. The van der Waals surface area contributed by atoms with E-state index in [-0.39, 0.29) is 11.8 Å². The second-order valence-electron chi connectivity index (χ2n) is 13.9. The summed E-state index contributed by atoms with van der Waals surface area (Å²) in [7, 11) is 0. The SMILES string of the molecule is CC(C)(C)NC(=O)OC1(c2ccc(-n3c(-c4cccnc4N)nc4ccc(-c5cccc(NC(=O)C6CCOCC6)c5)nc43)cc2)CCC1. The minimum Gasteiger partial charge on any atom is -0.438 e. The first kappa shape index (κ1) is 32.3. The molecule has 5 aromatic rings. The molecule has 2 aromatic carbocycles. The van der Waals surface area contributed by atoms with E-state index in [0.29, 0.717) is 47.3 Å². The highest BCUT2D eigenvalue weighted by atomic mass is 16.6. The maximum absolute atomic E-state index is 12.9. The fourth-order valence-corrected chi connectivity index (χ4v) is 6.48. The Morgan fingerprint density at radius 3 is 2.45 bits per heavy atom. The predicted octanol–water partition coefficient (Wildman–Crippen LogP) is 7.00. The molecule has 0 atom stereocenters. The summed E-state index contributed by atoms with van der Waals surface area (Å²) in [4.78, 5) is 40.1. The molecular formula is C38H41N7O4. The fourth-order valence-electron chi connectivity index (χ4n) is 6.48. The van der Waals surface area contributed by atoms with Gasteiger partial charge in [0, 0.05) is 47.8 Å². The molecule has 1 aliphatic carbocycles. The Labute approximate surface area is 285 Å². The second kappa shape index (κ2) is 13.0. The first-order chi connectivity index (χ1) is 23.6. The van der Waals surface area contributed by atoms with Gasteiger partial charge in [-0.2, -0.15) is 0 Å². The van der Waals surface area contributed by atoms with E-state index in [0.717, 1.165) is 54.6 Å². The molecular weight excluding hydrogens is 618 g/mol. The van der Waals surface area contributed by atoms with Gasteiger partial charge in [-0.25, -0.2) is 19.7 Å². The number of nitrogen functional groups attached to an aromatic ring is 1. The van der Waals surface area contributed by atoms with Crippen LogP contribution in [0.3, 0.4) is 0 Å². The molecule has 3 aromatic heterocycles. The topological polar surface area (TPSA) is 146 Å². The normalized spacial score (nSPS) is 16.1. The number of amides is 2. The van der Waals surface area contributed by atoms with Gasteiger partial charge < -0.3 is 25.8 Å². The number of benzene rings is 2. The number of nitrogens with zero attached hydrogens (tertiary/aromatic N) is 4. The molecule has 2 aliphatic rings. The van der Waals surface area contributed by atoms with Crippen LogP contribution >= 0.6 is 0 Å². The van der Waals surface area contributed by atoms with E-state index in [1.807, 2.05) is 98.1 Å². The zero-order chi connectivity index (χ0) is 34.2. The van der Waals surface area contributed by atoms with Crippen LogP contribution in [0.2, 0.25) is 0 Å². The highest BCUT2D eigenvalue weighted by Gasteiger charge is 2.43. The zero-order valence-corrected chi connectivity index (χ0v) is 28.0. The number of aromatic nitrogens is 4. The van der Waals surface area contributed by atoms with Crippen LogP contribution in [0, 0.1) is 5.92 Å². The summed E-state index contributed by atoms with van der Waals surface area (Å²) in [6, 6.07) is 23.3. The van der Waals surface area contributed by atoms with Crippen LogP contribution in [0.25, 0.3) is 39.5 Å². The van der Waals surface area contributed by atoms with Gasteiger partial charge in [-0.15, -0.1) is 0 Å². The largest absolute Gasteiger partial charge is 0.438 e. The molecule has 4 N–H and O–H groups in total. The predicted molar refractivity (Wildman–Crippen MR) is 189 cm³/mol. The van der Waals surface area contributed by atoms with E-state index in [1.165, 1.54) is 0 Å². The number of pyridine rings is 2. The number of nitrogens with one attached hydrogen (secondary N) is 2. The van der Waals surface area contributed by atoms with Crippen LogP contribution in [0.1, 0.15) is 58.4 Å². The standard InChI is InChI=1S/C38H41N7O4/c1-37(2,3)44-36(47)49-38(18-6-19-38)26-10-12-28(13-11-26)45-33(29-9-5-20-40-32(29)39)43-31-15-14-30(42-34(31)45)25-7-4-8-27(23-25)41-35(46)24-16-21-48-22-17-24/h4-5,7-15,20,23-24H,6,16-19,21-22H2,1-3H3,(H2,39,40)(H,41,46)(H,44,47).